The van der Waals surface area contributed by atoms with Crippen LogP contribution in [0.25, 0.3) is 0 Å². The second-order valence-electron chi connectivity index (χ2n) is 6.45. The Labute approximate surface area is 141 Å². The third-order valence-electron chi connectivity index (χ3n) is 5.03. The van der Waals surface area contributed by atoms with Crippen LogP contribution in [0, 0.1) is 18.2 Å². The van der Waals surface area contributed by atoms with Crippen molar-refractivity contribution in [3.8, 4) is 0 Å². The Hall–Kier alpha value is -1.76. The van der Waals surface area contributed by atoms with E-state index in [4.69, 9.17) is 11.5 Å². The van der Waals surface area contributed by atoms with E-state index in [9.17, 15) is 12.8 Å². The predicted octanol–water partition coefficient (Wildman–Crippen LogP) is 1.98. The minimum atomic E-state index is -3.61. The fourth-order valence-corrected chi connectivity index (χ4v) is 6.07. The maximum Gasteiger partial charge on any atom is 0.182 e. The van der Waals surface area contributed by atoms with Crippen molar-refractivity contribution >= 4 is 9.84 Å². The van der Waals surface area contributed by atoms with Gasteiger partial charge in [-0.3, -0.25) is 0 Å². The average molecular weight is 348 g/mol. The molecule has 0 spiro atoms. The lowest BCUT2D eigenvalue weighted by Crippen LogP contribution is -2.31. The topological polar surface area (TPSA) is 86.2 Å². The summed E-state index contributed by atoms with van der Waals surface area (Å²) in [5.41, 5.74) is 12.7. The number of halogens is 1. The molecular weight excluding hydrogens is 327 g/mol. The molecule has 1 saturated carbocycles. The van der Waals surface area contributed by atoms with E-state index in [1.807, 2.05) is 6.92 Å². The molecule has 0 heterocycles. The molecular formula is C18H21FN2O2S. The van der Waals surface area contributed by atoms with Crippen LogP contribution in [0.2, 0.25) is 0 Å². The molecule has 2 aromatic rings. The quantitative estimate of drug-likeness (QED) is 0.865. The first-order chi connectivity index (χ1) is 11.4. The van der Waals surface area contributed by atoms with Crippen LogP contribution in [0.5, 0.6) is 0 Å². The Morgan fingerprint density at radius 2 is 1.71 bits per heavy atom. The molecule has 3 rings (SSSR count). The van der Waals surface area contributed by atoms with Gasteiger partial charge in [-0.2, -0.15) is 0 Å². The minimum Gasteiger partial charge on any atom is -0.330 e. The fraction of sp³-hybridized carbons (Fsp3) is 0.333. The van der Waals surface area contributed by atoms with Gasteiger partial charge < -0.3 is 11.5 Å². The van der Waals surface area contributed by atoms with E-state index in [0.717, 1.165) is 5.56 Å². The molecule has 2 aromatic carbocycles. The van der Waals surface area contributed by atoms with Gasteiger partial charge >= 0.3 is 0 Å². The first-order valence-corrected chi connectivity index (χ1v) is 9.37. The Balaban J connectivity index is 2.06. The van der Waals surface area contributed by atoms with Gasteiger partial charge in [0.05, 0.1) is 10.1 Å². The third kappa shape index (κ3) is 2.55. The minimum absolute atomic E-state index is 0.139. The first kappa shape index (κ1) is 17.1. The zero-order valence-corrected chi connectivity index (χ0v) is 14.3. The number of benzene rings is 2. The zero-order valence-electron chi connectivity index (χ0n) is 13.4. The predicted molar refractivity (Wildman–Crippen MR) is 91.8 cm³/mol. The molecule has 4 N–H and O–H groups in total. The molecule has 0 aromatic heterocycles. The summed E-state index contributed by atoms with van der Waals surface area (Å²) in [7, 11) is -3.61. The van der Waals surface area contributed by atoms with Gasteiger partial charge in [0, 0.05) is 24.4 Å². The first-order valence-electron chi connectivity index (χ1n) is 7.83. The normalized spacial score (nSPS) is 22.3. The van der Waals surface area contributed by atoms with Crippen LogP contribution >= 0.6 is 0 Å². The summed E-state index contributed by atoms with van der Waals surface area (Å²) >= 11 is 0. The fourth-order valence-electron chi connectivity index (χ4n) is 3.59. The summed E-state index contributed by atoms with van der Waals surface area (Å²) < 4.78 is 39.8. The molecule has 1 aliphatic rings. The van der Waals surface area contributed by atoms with Crippen LogP contribution in [-0.2, 0) is 9.84 Å². The number of sulfone groups is 1. The summed E-state index contributed by atoms with van der Waals surface area (Å²) in [6, 6.07) is 12.7. The molecule has 1 aliphatic carbocycles. The number of aryl methyl sites for hydroxylation is 1. The molecule has 2 atom stereocenters. The van der Waals surface area contributed by atoms with Gasteiger partial charge in [0.2, 0.25) is 0 Å². The second-order valence-corrected chi connectivity index (χ2v) is 8.52. The van der Waals surface area contributed by atoms with Crippen molar-refractivity contribution in [2.45, 2.75) is 23.0 Å². The SMILES string of the molecule is Cc1ccc(S(=O)(=O)C2C(c3cccc(F)c3)C2(CN)CN)cc1. The summed E-state index contributed by atoms with van der Waals surface area (Å²) in [4.78, 5) is 0.253. The van der Waals surface area contributed by atoms with Crippen molar-refractivity contribution in [1.29, 1.82) is 0 Å². The van der Waals surface area contributed by atoms with Crippen LogP contribution in [0.1, 0.15) is 17.0 Å². The van der Waals surface area contributed by atoms with Gasteiger partial charge in [0.1, 0.15) is 5.82 Å². The van der Waals surface area contributed by atoms with Crippen LogP contribution in [0.4, 0.5) is 4.39 Å². The summed E-state index contributed by atoms with van der Waals surface area (Å²) in [6.07, 6.45) is 0. The summed E-state index contributed by atoms with van der Waals surface area (Å²) in [6.45, 7) is 2.17. The highest BCUT2D eigenvalue weighted by Crippen LogP contribution is 2.62. The average Bonchev–Trinajstić information content (AvgIpc) is 3.26. The molecule has 6 heteroatoms. The maximum atomic E-state index is 13.6. The number of hydrogen-bond donors (Lipinski definition) is 2. The molecule has 0 aliphatic heterocycles. The van der Waals surface area contributed by atoms with Crippen molar-refractivity contribution in [3.63, 3.8) is 0 Å². The lowest BCUT2D eigenvalue weighted by atomic mass is 9.99. The van der Waals surface area contributed by atoms with Crippen molar-refractivity contribution < 1.29 is 12.8 Å². The third-order valence-corrected chi connectivity index (χ3v) is 7.37. The Morgan fingerprint density at radius 1 is 1.08 bits per heavy atom. The Morgan fingerprint density at radius 3 is 2.25 bits per heavy atom. The highest BCUT2D eigenvalue weighted by Gasteiger charge is 2.69. The van der Waals surface area contributed by atoms with Crippen LogP contribution in [0.3, 0.4) is 0 Å². The Kier molecular flexibility index (Phi) is 4.23. The highest BCUT2D eigenvalue weighted by atomic mass is 32.2. The van der Waals surface area contributed by atoms with Gasteiger partial charge in [0.25, 0.3) is 0 Å². The number of nitrogens with two attached hydrogens (primary N) is 2. The molecule has 4 nitrogen and oxygen atoms in total. The maximum absolute atomic E-state index is 13.6. The standard InChI is InChI=1S/C18H21FN2O2S/c1-12-5-7-15(8-6-12)24(22,23)17-16(18(17,10-20)11-21)13-3-2-4-14(19)9-13/h2-9,16-17H,10-11,20-21H2,1H3. The van der Waals surface area contributed by atoms with E-state index >= 15 is 0 Å². The summed E-state index contributed by atoms with van der Waals surface area (Å²) in [5.74, 6) is -0.789. The zero-order chi connectivity index (χ0) is 17.5. The largest absolute Gasteiger partial charge is 0.330 e. The van der Waals surface area contributed by atoms with Gasteiger partial charge in [-0.05, 0) is 36.8 Å². The molecule has 0 saturated heterocycles. The lowest BCUT2D eigenvalue weighted by molar-refractivity contribution is 0.509. The second kappa shape index (κ2) is 5.95. The van der Waals surface area contributed by atoms with Gasteiger partial charge in [-0.1, -0.05) is 29.8 Å². The molecule has 0 amide bonds. The molecule has 24 heavy (non-hydrogen) atoms. The van der Waals surface area contributed by atoms with E-state index in [-0.39, 0.29) is 18.0 Å². The van der Waals surface area contributed by atoms with Crippen molar-refractivity contribution in [3.05, 3.63) is 65.5 Å². The van der Waals surface area contributed by atoms with E-state index < -0.39 is 32.2 Å². The number of rotatable bonds is 5. The monoisotopic (exact) mass is 348 g/mol. The van der Waals surface area contributed by atoms with Crippen molar-refractivity contribution in [2.24, 2.45) is 16.9 Å². The van der Waals surface area contributed by atoms with Crippen LogP contribution in [0.15, 0.2) is 53.4 Å². The molecule has 0 bridgehead atoms. The number of hydrogen-bond acceptors (Lipinski definition) is 4. The van der Waals surface area contributed by atoms with Crippen molar-refractivity contribution in [1.82, 2.24) is 0 Å². The lowest BCUT2D eigenvalue weighted by Gasteiger charge is -2.13. The van der Waals surface area contributed by atoms with E-state index in [1.165, 1.54) is 12.1 Å². The van der Waals surface area contributed by atoms with Crippen LogP contribution in [-0.4, -0.2) is 26.8 Å². The Bertz CT molecular complexity index is 846. The van der Waals surface area contributed by atoms with Gasteiger partial charge in [0.15, 0.2) is 9.84 Å². The van der Waals surface area contributed by atoms with E-state index in [2.05, 4.69) is 0 Å². The van der Waals surface area contributed by atoms with Gasteiger partial charge in [-0.25, -0.2) is 12.8 Å². The smallest absolute Gasteiger partial charge is 0.182 e. The van der Waals surface area contributed by atoms with E-state index in [1.54, 1.807) is 36.4 Å². The molecule has 2 unspecified atom stereocenters. The van der Waals surface area contributed by atoms with E-state index in [0.29, 0.717) is 5.56 Å². The summed E-state index contributed by atoms with van der Waals surface area (Å²) in [5, 5.41) is -0.732. The highest BCUT2D eigenvalue weighted by molar-refractivity contribution is 7.92. The van der Waals surface area contributed by atoms with Crippen LogP contribution < -0.4 is 11.5 Å². The van der Waals surface area contributed by atoms with Gasteiger partial charge in [-0.15, -0.1) is 0 Å². The molecule has 0 radical (unpaired) electrons. The van der Waals surface area contributed by atoms with Crippen molar-refractivity contribution in [2.75, 3.05) is 13.1 Å². The molecule has 1 fully saturated rings. The molecule has 128 valence electrons.